The lowest BCUT2D eigenvalue weighted by Gasteiger charge is -2.35. The van der Waals surface area contributed by atoms with E-state index in [1.807, 2.05) is 6.20 Å². The first-order valence-corrected chi connectivity index (χ1v) is 12.2. The third kappa shape index (κ3) is 3.35. The lowest BCUT2D eigenvalue weighted by Crippen LogP contribution is -2.27. The smallest absolute Gasteiger partial charge is 0.0740 e. The van der Waals surface area contributed by atoms with Gasteiger partial charge in [0.1, 0.15) is 0 Å². The van der Waals surface area contributed by atoms with Crippen LogP contribution in [0.15, 0.2) is 72.4 Å². The van der Waals surface area contributed by atoms with Crippen molar-refractivity contribution in [3.63, 3.8) is 0 Å². The maximum absolute atomic E-state index is 4.88. The lowest BCUT2D eigenvalue weighted by molar-refractivity contribution is 0.411. The summed E-state index contributed by atoms with van der Waals surface area (Å²) < 4.78 is 0. The Morgan fingerprint density at radius 3 is 2.39 bits per heavy atom. The fourth-order valence-electron chi connectivity index (χ4n) is 5.93. The molecule has 3 aromatic rings. The molecule has 1 nitrogen and oxygen atoms in total. The molecule has 1 heterocycles. The van der Waals surface area contributed by atoms with Crippen molar-refractivity contribution in [1.29, 1.82) is 0 Å². The molecule has 1 aromatic heterocycles. The van der Waals surface area contributed by atoms with Crippen LogP contribution in [-0.4, -0.2) is 4.98 Å². The van der Waals surface area contributed by atoms with Gasteiger partial charge in [0, 0.05) is 17.0 Å². The highest BCUT2D eigenvalue weighted by Gasteiger charge is 2.43. The van der Waals surface area contributed by atoms with E-state index in [1.165, 1.54) is 66.1 Å². The van der Waals surface area contributed by atoms with E-state index in [2.05, 4.69) is 74.5 Å². The van der Waals surface area contributed by atoms with Crippen molar-refractivity contribution in [2.24, 2.45) is 0 Å². The highest BCUT2D eigenvalue weighted by Crippen LogP contribution is 2.56. The van der Waals surface area contributed by atoms with Gasteiger partial charge >= 0.3 is 0 Å². The van der Waals surface area contributed by atoms with Gasteiger partial charge in [0.25, 0.3) is 0 Å². The highest BCUT2D eigenvalue weighted by molar-refractivity contribution is 5.95. The first-order valence-electron chi connectivity index (χ1n) is 12.2. The summed E-state index contributed by atoms with van der Waals surface area (Å²) in [6, 6.07) is 20.1. The molecule has 0 saturated carbocycles. The van der Waals surface area contributed by atoms with Gasteiger partial charge < -0.3 is 0 Å². The number of hydrogen-bond donors (Lipinski definition) is 0. The molecule has 2 aliphatic carbocycles. The van der Waals surface area contributed by atoms with Gasteiger partial charge in [-0.25, -0.2) is 0 Å². The van der Waals surface area contributed by atoms with E-state index in [9.17, 15) is 0 Å². The van der Waals surface area contributed by atoms with E-state index < -0.39 is 0 Å². The van der Waals surface area contributed by atoms with Crippen LogP contribution in [0.3, 0.4) is 0 Å². The van der Waals surface area contributed by atoms with Gasteiger partial charge in [-0.15, -0.1) is 0 Å². The molecular weight excluding hydrogens is 374 g/mol. The molecule has 0 unspecified atom stereocenters. The number of fused-ring (bicyclic) bond motifs is 3. The van der Waals surface area contributed by atoms with Crippen LogP contribution in [-0.2, 0) is 5.41 Å². The van der Waals surface area contributed by atoms with Gasteiger partial charge in [-0.3, -0.25) is 4.98 Å². The second-order valence-electron chi connectivity index (χ2n) is 9.28. The summed E-state index contributed by atoms with van der Waals surface area (Å²) in [6.07, 6.45) is 14.3. The number of hydrogen-bond acceptors (Lipinski definition) is 1. The molecule has 0 spiro atoms. The standard InChI is InChI=1S/C30H33N/c1-3-5-18-30(19-6-4-2)27-14-10-9-13-25(27)26-16-15-23(21-28(26)30)29-24-12-8-7-11-22(24)17-20-31-29/h7-14,17,20-21H,3-6,15-16,18-19H2,1-2H3. The van der Waals surface area contributed by atoms with E-state index in [0.717, 1.165) is 12.8 Å². The maximum atomic E-state index is 4.88. The Labute approximate surface area is 186 Å². The summed E-state index contributed by atoms with van der Waals surface area (Å²) in [7, 11) is 0. The van der Waals surface area contributed by atoms with Crippen LogP contribution in [0.5, 0.6) is 0 Å². The van der Waals surface area contributed by atoms with Gasteiger partial charge in [-0.05, 0) is 65.0 Å². The second-order valence-corrected chi connectivity index (χ2v) is 9.28. The van der Waals surface area contributed by atoms with Crippen molar-refractivity contribution in [2.75, 3.05) is 0 Å². The van der Waals surface area contributed by atoms with Crippen LogP contribution in [0.4, 0.5) is 0 Å². The Morgan fingerprint density at radius 1 is 0.839 bits per heavy atom. The number of nitrogens with zero attached hydrogens (tertiary/aromatic N) is 1. The zero-order chi connectivity index (χ0) is 21.3. The Bertz CT molecular complexity index is 1150. The Kier molecular flexibility index (Phi) is 5.52. The zero-order valence-corrected chi connectivity index (χ0v) is 19.0. The fraction of sp³-hybridized carbons (Fsp3) is 0.367. The third-order valence-corrected chi connectivity index (χ3v) is 7.46. The summed E-state index contributed by atoms with van der Waals surface area (Å²) in [6.45, 7) is 4.65. The molecular formula is C30H33N. The molecule has 0 radical (unpaired) electrons. The van der Waals surface area contributed by atoms with Crippen molar-refractivity contribution in [1.82, 2.24) is 4.98 Å². The number of rotatable bonds is 7. The molecule has 2 aromatic carbocycles. The Balaban J connectivity index is 1.68. The molecule has 2 aliphatic rings. The largest absolute Gasteiger partial charge is 0.256 e. The predicted octanol–water partition coefficient (Wildman–Crippen LogP) is 8.50. The van der Waals surface area contributed by atoms with E-state index in [-0.39, 0.29) is 5.41 Å². The van der Waals surface area contributed by atoms with Gasteiger partial charge in [0.15, 0.2) is 0 Å². The molecule has 0 fully saturated rings. The summed E-state index contributed by atoms with van der Waals surface area (Å²) in [5.74, 6) is 0. The summed E-state index contributed by atoms with van der Waals surface area (Å²) in [5.41, 5.74) is 9.09. The normalized spacial score (nSPS) is 16.9. The predicted molar refractivity (Wildman–Crippen MR) is 133 cm³/mol. The van der Waals surface area contributed by atoms with Crippen molar-refractivity contribution in [3.8, 4) is 0 Å². The van der Waals surface area contributed by atoms with Crippen molar-refractivity contribution >= 4 is 21.9 Å². The first kappa shape index (κ1) is 20.2. The van der Waals surface area contributed by atoms with Crippen LogP contribution in [0, 0.1) is 0 Å². The molecule has 5 rings (SSSR count). The molecule has 0 N–H and O–H groups in total. The number of aromatic nitrogens is 1. The molecule has 0 saturated heterocycles. The van der Waals surface area contributed by atoms with Crippen LogP contribution in [0.2, 0.25) is 0 Å². The van der Waals surface area contributed by atoms with Gasteiger partial charge in [0.2, 0.25) is 0 Å². The molecule has 0 bridgehead atoms. The number of pyridine rings is 1. The first-order chi connectivity index (χ1) is 15.3. The zero-order valence-electron chi connectivity index (χ0n) is 19.0. The van der Waals surface area contributed by atoms with Crippen LogP contribution in [0.25, 0.3) is 21.9 Å². The van der Waals surface area contributed by atoms with Gasteiger partial charge in [0.05, 0.1) is 5.69 Å². The Morgan fingerprint density at radius 2 is 1.58 bits per heavy atom. The van der Waals surface area contributed by atoms with Crippen LogP contribution in [0.1, 0.15) is 82.0 Å². The molecule has 31 heavy (non-hydrogen) atoms. The van der Waals surface area contributed by atoms with Crippen LogP contribution < -0.4 is 0 Å². The van der Waals surface area contributed by atoms with E-state index in [1.54, 1.807) is 16.7 Å². The average molecular weight is 408 g/mol. The third-order valence-electron chi connectivity index (χ3n) is 7.46. The van der Waals surface area contributed by atoms with E-state index in [4.69, 9.17) is 4.98 Å². The monoisotopic (exact) mass is 407 g/mol. The van der Waals surface area contributed by atoms with Crippen molar-refractivity contribution in [2.45, 2.75) is 70.6 Å². The second kappa shape index (κ2) is 8.46. The fourth-order valence-corrected chi connectivity index (χ4v) is 5.93. The quantitative estimate of drug-likeness (QED) is 0.382. The summed E-state index contributed by atoms with van der Waals surface area (Å²) >= 11 is 0. The summed E-state index contributed by atoms with van der Waals surface area (Å²) in [4.78, 5) is 4.88. The molecule has 158 valence electrons. The number of unbranched alkanes of at least 4 members (excludes halogenated alkanes) is 2. The average Bonchev–Trinajstić information content (AvgIpc) is 3.10. The SMILES string of the molecule is CCCCC1(CCCC)C2=C(CCC(c3nccc4ccccc34)=C2)c2ccccc21. The molecule has 1 heteroatoms. The minimum Gasteiger partial charge on any atom is -0.256 e. The minimum absolute atomic E-state index is 0.175. The molecule has 0 aliphatic heterocycles. The lowest BCUT2D eigenvalue weighted by atomic mass is 9.68. The highest BCUT2D eigenvalue weighted by atomic mass is 14.7. The van der Waals surface area contributed by atoms with Gasteiger partial charge in [-0.1, -0.05) is 94.1 Å². The number of allylic oxidation sites excluding steroid dienone is 4. The van der Waals surface area contributed by atoms with Crippen molar-refractivity contribution in [3.05, 3.63) is 89.3 Å². The molecule has 0 atom stereocenters. The maximum Gasteiger partial charge on any atom is 0.0740 e. The van der Waals surface area contributed by atoms with Crippen LogP contribution >= 0.6 is 0 Å². The topological polar surface area (TPSA) is 12.9 Å². The van der Waals surface area contributed by atoms with E-state index in [0.29, 0.717) is 0 Å². The minimum atomic E-state index is 0.175. The molecule has 0 amide bonds. The van der Waals surface area contributed by atoms with Crippen molar-refractivity contribution < 1.29 is 0 Å². The van der Waals surface area contributed by atoms with Gasteiger partial charge in [-0.2, -0.15) is 0 Å². The summed E-state index contributed by atoms with van der Waals surface area (Å²) in [5, 5.41) is 2.56. The number of benzene rings is 2. The van der Waals surface area contributed by atoms with E-state index >= 15 is 0 Å². The Hall–Kier alpha value is -2.67.